The molecule has 332 valence electrons. The second kappa shape index (κ2) is 14.4. The Morgan fingerprint density at radius 3 is 2.01 bits per heavy atom. The van der Waals surface area contributed by atoms with Gasteiger partial charge in [-0.1, -0.05) is 153 Å². The third-order valence-corrected chi connectivity index (χ3v) is 17.0. The van der Waals surface area contributed by atoms with Gasteiger partial charge in [0.05, 0.1) is 5.69 Å². The minimum Gasteiger partial charge on any atom is -0.456 e. The molecule has 0 N–H and O–H groups in total. The summed E-state index contributed by atoms with van der Waals surface area (Å²) in [5.74, 6) is 0. The van der Waals surface area contributed by atoms with Crippen molar-refractivity contribution in [2.45, 2.75) is 123 Å². The van der Waals surface area contributed by atoms with Gasteiger partial charge in [-0.25, -0.2) is 0 Å². The fraction of sp³-hybridized carbons (Fsp3) is 0.302. The Morgan fingerprint density at radius 1 is 0.567 bits per heavy atom. The summed E-state index contributed by atoms with van der Waals surface area (Å²) in [7, 11) is 0. The van der Waals surface area contributed by atoms with Gasteiger partial charge in [0.25, 0.3) is 0 Å². The average Bonchev–Trinajstić information content (AvgIpc) is 3.95. The number of para-hydroxylation sites is 2. The molecule has 9 aromatic rings. The quantitative estimate of drug-likeness (QED) is 0.142. The smallest absolute Gasteiger partial charge is 0.329 e. The predicted octanol–water partition coefficient (Wildman–Crippen LogP) is 16.5. The zero-order valence-corrected chi connectivity index (χ0v) is 40.7. The van der Waals surface area contributed by atoms with Gasteiger partial charge in [-0.2, -0.15) is 0 Å². The van der Waals surface area contributed by atoms with Crippen molar-refractivity contribution in [2.75, 3.05) is 4.90 Å². The topological polar surface area (TPSA) is 21.3 Å². The van der Waals surface area contributed by atoms with Crippen molar-refractivity contribution in [3.05, 3.63) is 166 Å². The lowest BCUT2D eigenvalue weighted by molar-refractivity contribution is 0.331. The molecule has 0 saturated heterocycles. The van der Waals surface area contributed by atoms with Crippen LogP contribution in [0.1, 0.15) is 127 Å². The van der Waals surface area contributed by atoms with Crippen molar-refractivity contribution in [2.24, 2.45) is 0 Å². The van der Waals surface area contributed by atoms with Crippen LogP contribution in [-0.4, -0.2) is 11.3 Å². The minimum atomic E-state index is -0.313. The van der Waals surface area contributed by atoms with Crippen LogP contribution in [0.2, 0.25) is 0 Å². The molecule has 2 aliphatic heterocycles. The number of aryl methyl sites for hydroxylation is 2. The van der Waals surface area contributed by atoms with Crippen LogP contribution in [0.15, 0.2) is 137 Å². The molecule has 0 radical (unpaired) electrons. The van der Waals surface area contributed by atoms with Gasteiger partial charge < -0.3 is 13.8 Å². The molecule has 7 aromatic carbocycles. The molecule has 2 aromatic heterocycles. The summed E-state index contributed by atoms with van der Waals surface area (Å²) in [4.78, 5) is 2.73. The Morgan fingerprint density at radius 2 is 1.25 bits per heavy atom. The third kappa shape index (κ3) is 5.65. The van der Waals surface area contributed by atoms with Crippen LogP contribution in [0.4, 0.5) is 11.4 Å². The van der Waals surface area contributed by atoms with Crippen LogP contribution in [0.5, 0.6) is 0 Å². The number of hydrogen-bond acceptors (Lipinski definition) is 2. The highest BCUT2D eigenvalue weighted by Gasteiger charge is 2.55. The molecule has 0 saturated carbocycles. The largest absolute Gasteiger partial charge is 0.456 e. The van der Waals surface area contributed by atoms with Crippen molar-refractivity contribution in [3.63, 3.8) is 0 Å². The Balaban J connectivity index is 1.22. The summed E-state index contributed by atoms with van der Waals surface area (Å²) in [5.41, 5.74) is 24.8. The van der Waals surface area contributed by atoms with E-state index in [1.54, 1.807) is 0 Å². The minimum absolute atomic E-state index is 0.0521. The summed E-state index contributed by atoms with van der Waals surface area (Å²) < 4.78 is 9.87. The van der Waals surface area contributed by atoms with Gasteiger partial charge in [0.15, 0.2) is 0 Å². The van der Waals surface area contributed by atoms with Crippen molar-refractivity contribution in [3.8, 4) is 22.3 Å². The number of fused-ring (bicyclic) bond motifs is 13. The van der Waals surface area contributed by atoms with Gasteiger partial charge in [0, 0.05) is 72.1 Å². The number of aromatic nitrogens is 1. The summed E-state index contributed by atoms with van der Waals surface area (Å²) in [5, 5.41) is 5.11. The first-order valence-corrected chi connectivity index (χ1v) is 25.4. The lowest BCUT2D eigenvalue weighted by Gasteiger charge is -2.43. The van der Waals surface area contributed by atoms with Crippen molar-refractivity contribution in [1.82, 2.24) is 4.48 Å². The van der Waals surface area contributed by atoms with Gasteiger partial charge in [-0.3, -0.25) is 0 Å². The van der Waals surface area contributed by atoms with Crippen LogP contribution in [-0.2, 0) is 29.1 Å². The molecule has 0 bridgehead atoms. The van der Waals surface area contributed by atoms with E-state index in [1.165, 1.54) is 155 Å². The Labute approximate surface area is 396 Å². The Bertz CT molecular complexity index is 3590. The van der Waals surface area contributed by atoms with E-state index in [1.807, 2.05) is 0 Å². The van der Waals surface area contributed by atoms with Gasteiger partial charge >= 0.3 is 6.85 Å². The van der Waals surface area contributed by atoms with Crippen molar-refractivity contribution >= 4 is 73.1 Å². The molecule has 2 aliphatic carbocycles. The standard InChI is InChI=1S/C63H61BN2O/c1-9-11-19-38-27-29-50(44(33-38)40-21-14-13-15-22-40)65-52-37-54-55(42-23-16-17-26-53(42)67-54)56-43-25-18-24-41-45-34-39(20-12-10-2)28-30-51(45)66(58(41)43)64(57(52)56)60-59(65)46-35-48-49(36-47(46)63(60,7)8)62(5,6)32-31-61(48,3)4/h13-18,21-30,33-37H,9-12,19-20,31-32H2,1-8H3. The lowest BCUT2D eigenvalue weighted by atomic mass is 9.40. The van der Waals surface area contributed by atoms with E-state index in [4.69, 9.17) is 4.42 Å². The van der Waals surface area contributed by atoms with Crippen LogP contribution >= 0.6 is 0 Å². The lowest BCUT2D eigenvalue weighted by Crippen LogP contribution is -2.52. The average molecular weight is 873 g/mol. The highest BCUT2D eigenvalue weighted by atomic mass is 16.3. The molecule has 0 fully saturated rings. The summed E-state index contributed by atoms with van der Waals surface area (Å²) in [6.07, 6.45) is 9.24. The number of rotatable bonds is 8. The van der Waals surface area contributed by atoms with E-state index in [2.05, 4.69) is 192 Å². The molecule has 0 unspecified atom stereocenters. The second-order valence-electron chi connectivity index (χ2n) is 22.3. The van der Waals surface area contributed by atoms with Gasteiger partial charge in [0.1, 0.15) is 11.2 Å². The first-order chi connectivity index (χ1) is 32.4. The maximum Gasteiger partial charge on any atom is 0.329 e. The van der Waals surface area contributed by atoms with E-state index in [0.29, 0.717) is 0 Å². The molecule has 0 amide bonds. The van der Waals surface area contributed by atoms with E-state index >= 15 is 0 Å². The Kier molecular flexibility index (Phi) is 8.79. The number of furan rings is 1. The first-order valence-electron chi connectivity index (χ1n) is 25.4. The normalized spacial score (nSPS) is 17.1. The second-order valence-corrected chi connectivity index (χ2v) is 22.3. The van der Waals surface area contributed by atoms with Crippen LogP contribution in [0.3, 0.4) is 0 Å². The molecule has 67 heavy (non-hydrogen) atoms. The number of unbranched alkanes of at least 4 members (excludes halogenated alkanes) is 2. The van der Waals surface area contributed by atoms with E-state index in [9.17, 15) is 0 Å². The van der Waals surface area contributed by atoms with Crippen LogP contribution < -0.4 is 10.4 Å². The highest BCUT2D eigenvalue weighted by Crippen LogP contribution is 2.60. The molecule has 4 heterocycles. The van der Waals surface area contributed by atoms with Crippen LogP contribution in [0, 0.1) is 0 Å². The molecule has 4 heteroatoms. The van der Waals surface area contributed by atoms with Crippen molar-refractivity contribution < 1.29 is 4.42 Å². The zero-order valence-electron chi connectivity index (χ0n) is 40.7. The molecule has 0 spiro atoms. The summed E-state index contributed by atoms with van der Waals surface area (Å²) >= 11 is 0. The molecular formula is C63H61BN2O. The Hall–Kier alpha value is -6.26. The van der Waals surface area contributed by atoms with Gasteiger partial charge in [-0.05, 0) is 136 Å². The zero-order chi connectivity index (χ0) is 45.7. The number of benzene rings is 7. The highest BCUT2D eigenvalue weighted by molar-refractivity contribution is 6.86. The van der Waals surface area contributed by atoms with Gasteiger partial charge in [0.2, 0.25) is 0 Å². The fourth-order valence-corrected chi connectivity index (χ4v) is 13.3. The predicted molar refractivity (Wildman–Crippen MR) is 286 cm³/mol. The van der Waals surface area contributed by atoms with Crippen molar-refractivity contribution in [1.29, 1.82) is 0 Å². The summed E-state index contributed by atoms with van der Waals surface area (Å²) in [6, 6.07) is 49.6. The molecule has 4 aliphatic rings. The summed E-state index contributed by atoms with van der Waals surface area (Å²) in [6.45, 7) is 19.6. The van der Waals surface area contributed by atoms with Crippen LogP contribution in [0.25, 0.3) is 71.7 Å². The molecule has 0 atom stereocenters. The van der Waals surface area contributed by atoms with E-state index in [-0.39, 0.29) is 23.1 Å². The molecule has 3 nitrogen and oxygen atoms in total. The number of allylic oxidation sites excluding steroid dienone is 1. The fourth-order valence-electron chi connectivity index (χ4n) is 13.3. The maximum absolute atomic E-state index is 7.08. The molecular weight excluding hydrogens is 812 g/mol. The van der Waals surface area contributed by atoms with E-state index in [0.717, 1.165) is 24.0 Å². The first kappa shape index (κ1) is 41.0. The number of hydrogen-bond donors (Lipinski definition) is 0. The SMILES string of the molecule is CCCCc1ccc(N2C3=C(B4c5c2cc2oc6ccccc6c2c5-c2cccc5c6cc(CCCC)ccc6n4c25)C(C)(C)c2cc4c(cc23)C(C)(C)CCC4(C)C)c(-c2ccccc2)c1. The molecule has 13 rings (SSSR count). The monoisotopic (exact) mass is 872 g/mol. The van der Waals surface area contributed by atoms with Gasteiger partial charge in [-0.15, -0.1) is 0 Å². The number of anilines is 2. The maximum atomic E-state index is 7.08. The third-order valence-electron chi connectivity index (χ3n) is 17.0. The number of nitrogens with zero attached hydrogens (tertiary/aromatic N) is 2. The van der Waals surface area contributed by atoms with E-state index < -0.39 is 0 Å².